The molecule has 0 saturated carbocycles. The molecule has 2 aromatic heterocycles. The Balaban J connectivity index is 1.45. The number of thiazole rings is 1. The Hall–Kier alpha value is -3.64. The van der Waals surface area contributed by atoms with Crippen LogP contribution in [-0.4, -0.2) is 35.9 Å². The van der Waals surface area contributed by atoms with Crippen molar-refractivity contribution in [1.29, 1.82) is 0 Å². The molecule has 0 radical (unpaired) electrons. The lowest BCUT2D eigenvalue weighted by molar-refractivity contribution is 0.0987. The zero-order chi connectivity index (χ0) is 28.3. The number of hydrogen-bond donors (Lipinski definition) is 0. The summed E-state index contributed by atoms with van der Waals surface area (Å²) in [5, 5.41) is 5.94. The standard InChI is InChI=1S/C29H25BrN4O4S2/c1-20(2)33(19-21-7-4-3-5-8-21)40(36,37)25-13-10-22(11-14-25)28(35)34(31-18-24-9-6-16-38-24)29-32-26-15-12-23(30)17-27(26)39-29/h3-18,20H,19H2,1-2H3/b31-18+. The number of rotatable bonds is 9. The number of fused-ring (bicyclic) bond motifs is 1. The van der Waals surface area contributed by atoms with Crippen molar-refractivity contribution in [2.24, 2.45) is 5.10 Å². The van der Waals surface area contributed by atoms with Crippen LogP contribution in [0.5, 0.6) is 0 Å². The summed E-state index contributed by atoms with van der Waals surface area (Å²) in [6, 6.07) is 24.2. The molecule has 1 amide bonds. The molecule has 3 aromatic carbocycles. The van der Waals surface area contributed by atoms with Gasteiger partial charge in [-0.1, -0.05) is 57.6 Å². The van der Waals surface area contributed by atoms with Crippen LogP contribution in [0.3, 0.4) is 0 Å². The molecule has 5 aromatic rings. The van der Waals surface area contributed by atoms with Crippen LogP contribution in [0.1, 0.15) is 35.5 Å². The van der Waals surface area contributed by atoms with Crippen molar-refractivity contribution < 1.29 is 17.6 Å². The maximum atomic E-state index is 13.7. The Morgan fingerprint density at radius 1 is 1.05 bits per heavy atom. The van der Waals surface area contributed by atoms with E-state index in [0.717, 1.165) is 20.3 Å². The van der Waals surface area contributed by atoms with Crippen molar-refractivity contribution in [3.05, 3.63) is 113 Å². The largest absolute Gasteiger partial charge is 0.463 e. The summed E-state index contributed by atoms with van der Waals surface area (Å²) in [7, 11) is -3.82. The number of aromatic nitrogens is 1. The van der Waals surface area contributed by atoms with E-state index in [1.807, 2.05) is 62.4 Å². The molecule has 0 aliphatic carbocycles. The molecular formula is C29H25BrN4O4S2. The van der Waals surface area contributed by atoms with Crippen LogP contribution >= 0.6 is 27.3 Å². The third kappa shape index (κ3) is 6.07. The summed E-state index contributed by atoms with van der Waals surface area (Å²) in [4.78, 5) is 18.4. The van der Waals surface area contributed by atoms with Crippen molar-refractivity contribution in [3.8, 4) is 0 Å². The van der Waals surface area contributed by atoms with E-state index in [4.69, 9.17) is 4.42 Å². The minimum atomic E-state index is -3.82. The van der Waals surface area contributed by atoms with Gasteiger partial charge in [0.05, 0.1) is 27.6 Å². The monoisotopic (exact) mass is 636 g/mol. The van der Waals surface area contributed by atoms with Gasteiger partial charge in [0, 0.05) is 22.6 Å². The lowest BCUT2D eigenvalue weighted by Gasteiger charge is -2.26. The molecule has 0 atom stereocenters. The van der Waals surface area contributed by atoms with E-state index in [9.17, 15) is 13.2 Å². The third-order valence-electron chi connectivity index (χ3n) is 6.02. The van der Waals surface area contributed by atoms with Gasteiger partial charge in [-0.2, -0.15) is 14.4 Å². The van der Waals surface area contributed by atoms with Crippen LogP contribution in [0.2, 0.25) is 0 Å². The second-order valence-corrected chi connectivity index (χ2v) is 13.0. The van der Waals surface area contributed by atoms with E-state index in [2.05, 4.69) is 26.0 Å². The predicted octanol–water partition coefficient (Wildman–Crippen LogP) is 6.93. The van der Waals surface area contributed by atoms with E-state index in [1.54, 1.807) is 12.1 Å². The summed E-state index contributed by atoms with van der Waals surface area (Å²) in [5.41, 5.74) is 1.87. The molecule has 204 valence electrons. The van der Waals surface area contributed by atoms with Crippen molar-refractivity contribution in [1.82, 2.24) is 9.29 Å². The highest BCUT2D eigenvalue weighted by molar-refractivity contribution is 9.10. The van der Waals surface area contributed by atoms with Crippen molar-refractivity contribution in [2.45, 2.75) is 31.3 Å². The first-order chi connectivity index (χ1) is 19.2. The highest BCUT2D eigenvalue weighted by Gasteiger charge is 2.28. The number of hydrogen-bond acceptors (Lipinski definition) is 7. The zero-order valence-electron chi connectivity index (χ0n) is 21.6. The predicted molar refractivity (Wildman–Crippen MR) is 161 cm³/mol. The van der Waals surface area contributed by atoms with E-state index in [1.165, 1.54) is 57.4 Å². The molecule has 0 unspecified atom stereocenters. The highest BCUT2D eigenvalue weighted by atomic mass is 79.9. The fraction of sp³-hybridized carbons (Fsp3) is 0.138. The van der Waals surface area contributed by atoms with Crippen LogP contribution in [0.4, 0.5) is 5.13 Å². The zero-order valence-corrected chi connectivity index (χ0v) is 24.9. The second-order valence-electron chi connectivity index (χ2n) is 9.14. The fourth-order valence-electron chi connectivity index (χ4n) is 3.98. The topological polar surface area (TPSA) is 96.1 Å². The minimum absolute atomic E-state index is 0.101. The molecule has 2 heterocycles. The van der Waals surface area contributed by atoms with Gasteiger partial charge in [-0.05, 0) is 74.0 Å². The van der Waals surface area contributed by atoms with Gasteiger partial charge in [-0.15, -0.1) is 0 Å². The Morgan fingerprint density at radius 2 is 1.80 bits per heavy atom. The first-order valence-electron chi connectivity index (χ1n) is 12.4. The van der Waals surface area contributed by atoms with E-state index < -0.39 is 15.9 Å². The Labute approximate surface area is 244 Å². The number of benzene rings is 3. The van der Waals surface area contributed by atoms with Gasteiger partial charge in [0.2, 0.25) is 15.2 Å². The number of furan rings is 1. The van der Waals surface area contributed by atoms with Crippen molar-refractivity contribution in [3.63, 3.8) is 0 Å². The number of sulfonamides is 1. The number of hydrazone groups is 1. The molecule has 0 saturated heterocycles. The summed E-state index contributed by atoms with van der Waals surface area (Å²) in [6.45, 7) is 3.91. The van der Waals surface area contributed by atoms with Gasteiger partial charge >= 0.3 is 0 Å². The average molecular weight is 638 g/mol. The van der Waals surface area contributed by atoms with Gasteiger partial charge in [-0.3, -0.25) is 4.79 Å². The van der Waals surface area contributed by atoms with E-state index in [-0.39, 0.29) is 23.0 Å². The number of carbonyl (C=O) groups is 1. The summed E-state index contributed by atoms with van der Waals surface area (Å²) >= 11 is 4.78. The molecule has 0 N–H and O–H groups in total. The summed E-state index contributed by atoms with van der Waals surface area (Å²) in [6.07, 6.45) is 2.95. The Bertz CT molecular complexity index is 1750. The number of amides is 1. The first-order valence-corrected chi connectivity index (χ1v) is 15.4. The maximum Gasteiger partial charge on any atom is 0.280 e. The third-order valence-corrected chi connectivity index (χ3v) is 9.54. The highest BCUT2D eigenvalue weighted by Crippen LogP contribution is 2.32. The fourth-order valence-corrected chi connectivity index (χ4v) is 7.08. The molecule has 8 nitrogen and oxygen atoms in total. The first kappa shape index (κ1) is 27.9. The lowest BCUT2D eigenvalue weighted by Crippen LogP contribution is -2.36. The number of carbonyl (C=O) groups excluding carboxylic acids is 1. The Kier molecular flexibility index (Phi) is 8.27. The van der Waals surface area contributed by atoms with Gasteiger partial charge < -0.3 is 4.42 Å². The summed E-state index contributed by atoms with van der Waals surface area (Å²) < 4.78 is 35.7. The van der Waals surface area contributed by atoms with Crippen LogP contribution in [0.25, 0.3) is 10.2 Å². The van der Waals surface area contributed by atoms with Crippen LogP contribution in [0.15, 0.2) is 110 Å². The van der Waals surface area contributed by atoms with Crippen LogP contribution in [-0.2, 0) is 16.6 Å². The minimum Gasteiger partial charge on any atom is -0.463 e. The molecule has 0 fully saturated rings. The van der Waals surface area contributed by atoms with E-state index >= 15 is 0 Å². The molecule has 5 rings (SSSR count). The molecule has 0 bridgehead atoms. The van der Waals surface area contributed by atoms with Gasteiger partial charge in [0.1, 0.15) is 5.76 Å². The molecule has 0 spiro atoms. The average Bonchev–Trinajstić information content (AvgIpc) is 3.62. The normalized spacial score (nSPS) is 12.1. The van der Waals surface area contributed by atoms with Crippen LogP contribution < -0.4 is 5.01 Å². The maximum absolute atomic E-state index is 13.7. The van der Waals surface area contributed by atoms with Gasteiger partial charge in [-0.25, -0.2) is 13.4 Å². The molecule has 40 heavy (non-hydrogen) atoms. The molecule has 0 aliphatic heterocycles. The Morgan fingerprint density at radius 3 is 2.48 bits per heavy atom. The van der Waals surface area contributed by atoms with Gasteiger partial charge in [0.15, 0.2) is 0 Å². The number of anilines is 1. The van der Waals surface area contributed by atoms with Crippen LogP contribution in [0, 0.1) is 0 Å². The molecule has 0 aliphatic rings. The smallest absolute Gasteiger partial charge is 0.280 e. The molecule has 11 heteroatoms. The lowest BCUT2D eigenvalue weighted by atomic mass is 10.2. The number of halogens is 1. The number of nitrogens with zero attached hydrogens (tertiary/aromatic N) is 4. The van der Waals surface area contributed by atoms with E-state index in [0.29, 0.717) is 10.9 Å². The quantitative estimate of drug-likeness (QED) is 0.129. The van der Waals surface area contributed by atoms with Crippen molar-refractivity contribution in [2.75, 3.05) is 5.01 Å². The molecular weight excluding hydrogens is 612 g/mol. The van der Waals surface area contributed by atoms with Crippen molar-refractivity contribution >= 4 is 64.8 Å². The summed E-state index contributed by atoms with van der Waals surface area (Å²) in [5.74, 6) is 0.00478. The van der Waals surface area contributed by atoms with Gasteiger partial charge in [0.25, 0.3) is 5.91 Å². The second kappa shape index (κ2) is 11.8. The SMILES string of the molecule is CC(C)N(Cc1ccccc1)S(=O)(=O)c1ccc(C(=O)N(/N=C/c2ccco2)c2nc3ccc(Br)cc3s2)cc1.